The average Bonchev–Trinajstić information content (AvgIpc) is 3.10. The van der Waals surface area contributed by atoms with E-state index in [2.05, 4.69) is 15.3 Å². The summed E-state index contributed by atoms with van der Waals surface area (Å²) in [5, 5.41) is 7.93. The molecule has 2 aromatic heterocycles. The number of oxazole rings is 1. The van der Waals surface area contributed by atoms with E-state index >= 15 is 0 Å². The highest BCUT2D eigenvalue weighted by Crippen LogP contribution is 2.21. The van der Waals surface area contributed by atoms with E-state index in [0.717, 1.165) is 5.56 Å². The molecule has 3 rings (SSSR count). The van der Waals surface area contributed by atoms with Gasteiger partial charge in [0.15, 0.2) is 5.76 Å². The first-order valence-corrected chi connectivity index (χ1v) is 6.48. The molecule has 0 bridgehead atoms. The molecule has 6 nitrogen and oxygen atoms in total. The van der Waals surface area contributed by atoms with Crippen LogP contribution >= 0.6 is 0 Å². The molecule has 0 amide bonds. The number of rotatable bonds is 4. The van der Waals surface area contributed by atoms with Crippen molar-refractivity contribution in [3.63, 3.8) is 0 Å². The maximum Gasteiger partial charge on any atom is 0.216 e. The molecule has 0 fully saturated rings. The molecule has 1 atom stereocenters. The van der Waals surface area contributed by atoms with Crippen molar-refractivity contribution in [1.29, 1.82) is 0 Å². The van der Waals surface area contributed by atoms with Crippen LogP contribution in [0.5, 0.6) is 0 Å². The zero-order valence-electron chi connectivity index (χ0n) is 11.4. The molecule has 0 saturated carbocycles. The Kier molecular flexibility index (Phi) is 3.49. The second-order valence-electron chi connectivity index (χ2n) is 4.75. The maximum atomic E-state index is 12.9. The average molecular weight is 287 g/mol. The molecule has 0 radical (unpaired) electrons. The molecule has 1 unspecified atom stereocenters. The van der Waals surface area contributed by atoms with Crippen LogP contribution in [0.2, 0.25) is 0 Å². The molecule has 0 saturated heterocycles. The predicted molar refractivity (Wildman–Crippen MR) is 73.6 cm³/mol. The predicted octanol–water partition coefficient (Wildman–Crippen LogP) is 2.14. The molecule has 2 heterocycles. The minimum Gasteiger partial charge on any atom is -0.439 e. The lowest BCUT2D eigenvalue weighted by atomic mass is 10.2. The van der Waals surface area contributed by atoms with E-state index in [1.807, 2.05) is 6.92 Å². The summed E-state index contributed by atoms with van der Waals surface area (Å²) in [4.78, 5) is 4.18. The number of hydrogen-bond acceptors (Lipinski definition) is 5. The minimum absolute atomic E-state index is 0.168. The van der Waals surface area contributed by atoms with Crippen LogP contribution in [-0.4, -0.2) is 20.0 Å². The quantitative estimate of drug-likeness (QED) is 0.795. The molecule has 2 N–H and O–H groups in total. The van der Waals surface area contributed by atoms with Gasteiger partial charge < -0.3 is 10.2 Å². The SMILES string of the molecule is CC(N)c1cn(Cc2ncc(-c3ccc(F)cc3)o2)nn1. The van der Waals surface area contributed by atoms with Crippen LogP contribution in [0.15, 0.2) is 41.1 Å². The molecule has 3 aromatic rings. The summed E-state index contributed by atoms with van der Waals surface area (Å²) in [6, 6.07) is 5.87. The van der Waals surface area contributed by atoms with Crippen LogP contribution in [-0.2, 0) is 6.54 Å². The van der Waals surface area contributed by atoms with E-state index in [0.29, 0.717) is 23.9 Å². The fourth-order valence-electron chi connectivity index (χ4n) is 1.87. The molecule has 108 valence electrons. The molecule has 0 spiro atoms. The van der Waals surface area contributed by atoms with E-state index in [4.69, 9.17) is 10.2 Å². The van der Waals surface area contributed by atoms with Gasteiger partial charge in [0.2, 0.25) is 5.89 Å². The van der Waals surface area contributed by atoms with Gasteiger partial charge in [-0.2, -0.15) is 0 Å². The largest absolute Gasteiger partial charge is 0.439 e. The summed E-state index contributed by atoms with van der Waals surface area (Å²) in [6.45, 7) is 2.20. The lowest BCUT2D eigenvalue weighted by molar-refractivity contribution is 0.469. The van der Waals surface area contributed by atoms with Gasteiger partial charge in [-0.3, -0.25) is 0 Å². The first-order valence-electron chi connectivity index (χ1n) is 6.48. The van der Waals surface area contributed by atoms with Crippen molar-refractivity contribution in [2.75, 3.05) is 0 Å². The van der Waals surface area contributed by atoms with Crippen molar-refractivity contribution in [2.45, 2.75) is 19.5 Å². The van der Waals surface area contributed by atoms with E-state index in [9.17, 15) is 4.39 Å². The Morgan fingerprint density at radius 2 is 2.10 bits per heavy atom. The lowest BCUT2D eigenvalue weighted by Crippen LogP contribution is -2.05. The number of benzene rings is 1. The normalized spacial score (nSPS) is 12.5. The van der Waals surface area contributed by atoms with E-state index < -0.39 is 0 Å². The van der Waals surface area contributed by atoms with Gasteiger partial charge in [0.05, 0.1) is 18.1 Å². The first-order chi connectivity index (χ1) is 10.1. The topological polar surface area (TPSA) is 82.8 Å². The summed E-state index contributed by atoms with van der Waals surface area (Å²) in [7, 11) is 0. The zero-order valence-corrected chi connectivity index (χ0v) is 11.4. The van der Waals surface area contributed by atoms with Gasteiger partial charge in [-0.05, 0) is 31.2 Å². The van der Waals surface area contributed by atoms with Crippen molar-refractivity contribution >= 4 is 0 Å². The molecule has 0 aliphatic heterocycles. The molecular formula is C14H14FN5O. The number of aromatic nitrogens is 4. The van der Waals surface area contributed by atoms with Crippen LogP contribution in [0, 0.1) is 5.82 Å². The highest BCUT2D eigenvalue weighted by atomic mass is 19.1. The standard InChI is InChI=1S/C14H14FN5O/c1-9(16)12-7-20(19-18-12)8-14-17-6-13(21-14)10-2-4-11(15)5-3-10/h2-7,9H,8,16H2,1H3. The van der Waals surface area contributed by atoms with Crippen LogP contribution < -0.4 is 5.73 Å². The van der Waals surface area contributed by atoms with Crippen LogP contribution in [0.1, 0.15) is 24.6 Å². The number of halogens is 1. The highest BCUT2D eigenvalue weighted by molar-refractivity contribution is 5.55. The van der Waals surface area contributed by atoms with Gasteiger partial charge in [-0.15, -0.1) is 5.10 Å². The van der Waals surface area contributed by atoms with Crippen LogP contribution in [0.4, 0.5) is 4.39 Å². The summed E-state index contributed by atoms with van der Waals surface area (Å²) in [5.74, 6) is 0.789. The molecule has 21 heavy (non-hydrogen) atoms. The second kappa shape index (κ2) is 5.45. The molecule has 0 aliphatic rings. The molecule has 0 aliphatic carbocycles. The van der Waals surface area contributed by atoms with Gasteiger partial charge in [0, 0.05) is 11.6 Å². The Balaban J connectivity index is 1.76. The first kappa shape index (κ1) is 13.4. The third-order valence-corrected chi connectivity index (χ3v) is 3.00. The van der Waals surface area contributed by atoms with E-state index in [-0.39, 0.29) is 11.9 Å². The van der Waals surface area contributed by atoms with Crippen LogP contribution in [0.3, 0.4) is 0 Å². The van der Waals surface area contributed by atoms with Crippen molar-refractivity contribution in [3.8, 4) is 11.3 Å². The Bertz CT molecular complexity index is 732. The lowest BCUT2D eigenvalue weighted by Gasteiger charge is -1.97. The van der Waals surface area contributed by atoms with Gasteiger partial charge >= 0.3 is 0 Å². The molecule has 7 heteroatoms. The molecule has 1 aromatic carbocycles. The van der Waals surface area contributed by atoms with Crippen LogP contribution in [0.25, 0.3) is 11.3 Å². The fourth-order valence-corrected chi connectivity index (χ4v) is 1.87. The summed E-state index contributed by atoms with van der Waals surface area (Å²) < 4.78 is 20.1. The monoisotopic (exact) mass is 287 g/mol. The second-order valence-corrected chi connectivity index (χ2v) is 4.75. The number of nitrogens with zero attached hydrogens (tertiary/aromatic N) is 4. The Hall–Kier alpha value is -2.54. The molecular weight excluding hydrogens is 273 g/mol. The highest BCUT2D eigenvalue weighted by Gasteiger charge is 2.10. The fraction of sp³-hybridized carbons (Fsp3) is 0.214. The summed E-state index contributed by atoms with van der Waals surface area (Å²) >= 11 is 0. The van der Waals surface area contributed by atoms with Gasteiger partial charge in [0.25, 0.3) is 0 Å². The number of nitrogens with two attached hydrogens (primary N) is 1. The van der Waals surface area contributed by atoms with E-state index in [1.54, 1.807) is 29.2 Å². The zero-order chi connectivity index (χ0) is 14.8. The van der Waals surface area contributed by atoms with Crippen molar-refractivity contribution in [3.05, 3.63) is 54.1 Å². The summed E-state index contributed by atoms with van der Waals surface area (Å²) in [6.07, 6.45) is 3.36. The Morgan fingerprint density at radius 3 is 2.76 bits per heavy atom. The van der Waals surface area contributed by atoms with Crippen molar-refractivity contribution in [1.82, 2.24) is 20.0 Å². The maximum absolute atomic E-state index is 12.9. The van der Waals surface area contributed by atoms with Gasteiger partial charge in [-0.25, -0.2) is 14.1 Å². The van der Waals surface area contributed by atoms with Crippen molar-refractivity contribution < 1.29 is 8.81 Å². The summed E-state index contributed by atoms with van der Waals surface area (Å²) in [5.41, 5.74) is 7.20. The third kappa shape index (κ3) is 2.97. The Morgan fingerprint density at radius 1 is 1.33 bits per heavy atom. The van der Waals surface area contributed by atoms with Crippen molar-refractivity contribution in [2.24, 2.45) is 5.73 Å². The van der Waals surface area contributed by atoms with Gasteiger partial charge in [0.1, 0.15) is 12.4 Å². The number of hydrogen-bond donors (Lipinski definition) is 1. The minimum atomic E-state index is -0.287. The van der Waals surface area contributed by atoms with E-state index in [1.165, 1.54) is 12.1 Å². The van der Waals surface area contributed by atoms with Gasteiger partial charge in [-0.1, -0.05) is 5.21 Å². The third-order valence-electron chi connectivity index (χ3n) is 3.00. The smallest absolute Gasteiger partial charge is 0.216 e. The Labute approximate surface area is 120 Å².